The summed E-state index contributed by atoms with van der Waals surface area (Å²) in [6.45, 7) is 3.77. The number of carbonyl (C=O) groups is 1. The molecule has 0 aromatic heterocycles. The minimum atomic E-state index is -0.936. The van der Waals surface area contributed by atoms with Gasteiger partial charge in [0, 0.05) is 5.02 Å². The second kappa shape index (κ2) is 5.75. The van der Waals surface area contributed by atoms with Crippen LogP contribution in [0.1, 0.15) is 25.3 Å². The molecule has 88 valence electrons. The molecule has 0 bridgehead atoms. The van der Waals surface area contributed by atoms with E-state index in [9.17, 15) is 4.79 Å². The normalized spacial score (nSPS) is 12.2. The summed E-state index contributed by atoms with van der Waals surface area (Å²) in [6, 6.07) is 5.13. The van der Waals surface area contributed by atoms with Gasteiger partial charge in [-0.25, -0.2) is 4.79 Å². The van der Waals surface area contributed by atoms with Crippen LogP contribution in [0.5, 0.6) is 5.75 Å². The van der Waals surface area contributed by atoms with Crippen molar-refractivity contribution in [2.24, 2.45) is 0 Å². The van der Waals surface area contributed by atoms with Crippen LogP contribution in [0.3, 0.4) is 0 Å². The molecular weight excluding hydrogens is 228 g/mol. The van der Waals surface area contributed by atoms with Gasteiger partial charge in [0.1, 0.15) is 5.75 Å². The first kappa shape index (κ1) is 12.8. The van der Waals surface area contributed by atoms with Crippen LogP contribution in [0.15, 0.2) is 18.2 Å². The number of aliphatic carboxylic acids is 1. The molecular formula is C12H15ClO3. The molecule has 0 heterocycles. The number of hydrogen-bond acceptors (Lipinski definition) is 2. The lowest BCUT2D eigenvalue weighted by molar-refractivity contribution is -0.145. The van der Waals surface area contributed by atoms with Gasteiger partial charge in [0.25, 0.3) is 0 Å². The minimum Gasteiger partial charge on any atom is -0.479 e. The van der Waals surface area contributed by atoms with Gasteiger partial charge >= 0.3 is 5.97 Å². The molecule has 3 nitrogen and oxygen atoms in total. The number of halogens is 1. The predicted octanol–water partition coefficient (Wildman–Crippen LogP) is 3.28. The lowest BCUT2D eigenvalue weighted by Gasteiger charge is -2.14. The standard InChI is InChI=1S/C12H15ClO3/c1-3-4-11(12(14)15)16-9-5-6-10(13)8(2)7-9/h5-7,11H,3-4H2,1-2H3,(H,14,15). The summed E-state index contributed by atoms with van der Waals surface area (Å²) < 4.78 is 5.39. The zero-order chi connectivity index (χ0) is 12.1. The largest absolute Gasteiger partial charge is 0.479 e. The Balaban J connectivity index is 2.77. The van der Waals surface area contributed by atoms with E-state index in [0.717, 1.165) is 12.0 Å². The molecule has 16 heavy (non-hydrogen) atoms. The second-order valence-corrected chi connectivity index (χ2v) is 4.05. The highest BCUT2D eigenvalue weighted by Crippen LogP contribution is 2.22. The first-order valence-electron chi connectivity index (χ1n) is 5.20. The van der Waals surface area contributed by atoms with E-state index in [0.29, 0.717) is 17.2 Å². The third kappa shape index (κ3) is 3.42. The monoisotopic (exact) mass is 242 g/mol. The van der Waals surface area contributed by atoms with Crippen LogP contribution >= 0.6 is 11.6 Å². The highest BCUT2D eigenvalue weighted by atomic mass is 35.5. The van der Waals surface area contributed by atoms with E-state index in [1.165, 1.54) is 0 Å². The summed E-state index contributed by atoms with van der Waals surface area (Å²) in [5.74, 6) is -0.391. The van der Waals surface area contributed by atoms with Gasteiger partial charge in [0.15, 0.2) is 6.10 Å². The second-order valence-electron chi connectivity index (χ2n) is 3.64. The lowest BCUT2D eigenvalue weighted by atomic mass is 10.2. The smallest absolute Gasteiger partial charge is 0.344 e. The van der Waals surface area contributed by atoms with E-state index in [1.54, 1.807) is 18.2 Å². The van der Waals surface area contributed by atoms with Crippen molar-refractivity contribution in [1.82, 2.24) is 0 Å². The van der Waals surface area contributed by atoms with Crippen molar-refractivity contribution in [3.63, 3.8) is 0 Å². The van der Waals surface area contributed by atoms with E-state index >= 15 is 0 Å². The summed E-state index contributed by atoms with van der Waals surface area (Å²) in [6.07, 6.45) is 0.478. The Morgan fingerprint density at radius 2 is 2.25 bits per heavy atom. The van der Waals surface area contributed by atoms with Crippen molar-refractivity contribution in [2.45, 2.75) is 32.8 Å². The first-order chi connectivity index (χ1) is 7.54. The molecule has 4 heteroatoms. The summed E-state index contributed by atoms with van der Waals surface area (Å²) in [5, 5.41) is 9.59. The number of hydrogen-bond donors (Lipinski definition) is 1. The fourth-order valence-corrected chi connectivity index (χ4v) is 1.47. The maximum Gasteiger partial charge on any atom is 0.344 e. The molecule has 1 aromatic rings. The quantitative estimate of drug-likeness (QED) is 0.862. The van der Waals surface area contributed by atoms with E-state index in [4.69, 9.17) is 21.4 Å². The van der Waals surface area contributed by atoms with Crippen LogP contribution in [0.25, 0.3) is 0 Å². The Hall–Kier alpha value is -1.22. The average Bonchev–Trinajstić information content (AvgIpc) is 2.22. The van der Waals surface area contributed by atoms with Crippen molar-refractivity contribution >= 4 is 17.6 Å². The van der Waals surface area contributed by atoms with Crippen molar-refractivity contribution < 1.29 is 14.6 Å². The lowest BCUT2D eigenvalue weighted by Crippen LogP contribution is -2.26. The van der Waals surface area contributed by atoms with Gasteiger partial charge in [-0.2, -0.15) is 0 Å². The van der Waals surface area contributed by atoms with Gasteiger partial charge in [-0.1, -0.05) is 24.9 Å². The average molecular weight is 243 g/mol. The van der Waals surface area contributed by atoms with Crippen molar-refractivity contribution in [1.29, 1.82) is 0 Å². The van der Waals surface area contributed by atoms with E-state index in [2.05, 4.69) is 0 Å². The van der Waals surface area contributed by atoms with Gasteiger partial charge in [0.2, 0.25) is 0 Å². The molecule has 0 saturated carbocycles. The van der Waals surface area contributed by atoms with Crippen molar-refractivity contribution in [3.8, 4) is 5.75 Å². The zero-order valence-electron chi connectivity index (χ0n) is 9.37. The number of ether oxygens (including phenoxy) is 1. The molecule has 0 aliphatic carbocycles. The third-order valence-electron chi connectivity index (χ3n) is 2.23. The number of carboxylic acids is 1. The molecule has 0 aliphatic rings. The maximum atomic E-state index is 10.9. The van der Waals surface area contributed by atoms with Crippen molar-refractivity contribution in [2.75, 3.05) is 0 Å². The topological polar surface area (TPSA) is 46.5 Å². The fraction of sp³-hybridized carbons (Fsp3) is 0.417. The fourth-order valence-electron chi connectivity index (χ4n) is 1.35. The maximum absolute atomic E-state index is 10.9. The van der Waals surface area contributed by atoms with Crippen molar-refractivity contribution in [3.05, 3.63) is 28.8 Å². The molecule has 1 atom stereocenters. The van der Waals surface area contributed by atoms with Crippen LogP contribution < -0.4 is 4.74 Å². The zero-order valence-corrected chi connectivity index (χ0v) is 10.1. The van der Waals surface area contributed by atoms with Crippen LogP contribution in [-0.4, -0.2) is 17.2 Å². The number of rotatable bonds is 5. The van der Waals surface area contributed by atoms with E-state index < -0.39 is 12.1 Å². The Kier molecular flexibility index (Phi) is 4.62. The first-order valence-corrected chi connectivity index (χ1v) is 5.58. The van der Waals surface area contributed by atoms with Gasteiger partial charge in [-0.05, 0) is 37.1 Å². The van der Waals surface area contributed by atoms with Crippen LogP contribution in [-0.2, 0) is 4.79 Å². The van der Waals surface area contributed by atoms with Crippen LogP contribution in [0.4, 0.5) is 0 Å². The number of aryl methyl sites for hydroxylation is 1. The Morgan fingerprint density at radius 1 is 1.56 bits per heavy atom. The van der Waals surface area contributed by atoms with E-state index in [-0.39, 0.29) is 0 Å². The number of benzene rings is 1. The minimum absolute atomic E-state index is 0.497. The Bertz CT molecular complexity index is 377. The summed E-state index contributed by atoms with van der Waals surface area (Å²) in [5.41, 5.74) is 0.875. The number of carboxylic acid groups (broad SMARTS) is 1. The molecule has 0 spiro atoms. The molecule has 1 rings (SSSR count). The molecule has 1 N–H and O–H groups in total. The van der Waals surface area contributed by atoms with Gasteiger partial charge in [0.05, 0.1) is 0 Å². The molecule has 0 amide bonds. The molecule has 0 aliphatic heterocycles. The summed E-state index contributed by atoms with van der Waals surface area (Å²) >= 11 is 5.87. The highest BCUT2D eigenvalue weighted by molar-refractivity contribution is 6.31. The molecule has 1 aromatic carbocycles. The Morgan fingerprint density at radius 3 is 2.75 bits per heavy atom. The summed E-state index contributed by atoms with van der Waals surface area (Å²) in [7, 11) is 0. The van der Waals surface area contributed by atoms with Gasteiger partial charge in [-0.15, -0.1) is 0 Å². The molecule has 0 radical (unpaired) electrons. The van der Waals surface area contributed by atoms with Crippen LogP contribution in [0.2, 0.25) is 5.02 Å². The predicted molar refractivity (Wildman–Crippen MR) is 63.1 cm³/mol. The van der Waals surface area contributed by atoms with Gasteiger partial charge < -0.3 is 9.84 Å². The molecule has 0 fully saturated rings. The highest BCUT2D eigenvalue weighted by Gasteiger charge is 2.18. The van der Waals surface area contributed by atoms with Gasteiger partial charge in [-0.3, -0.25) is 0 Å². The molecule has 0 saturated heterocycles. The summed E-state index contributed by atoms with van der Waals surface area (Å²) in [4.78, 5) is 10.9. The SMILES string of the molecule is CCCC(Oc1ccc(Cl)c(C)c1)C(=O)O. The Labute approximate surface area is 100.0 Å². The third-order valence-corrected chi connectivity index (χ3v) is 2.66. The van der Waals surface area contributed by atoms with E-state index in [1.807, 2.05) is 13.8 Å². The van der Waals surface area contributed by atoms with Crippen LogP contribution in [0, 0.1) is 6.92 Å². The molecule has 1 unspecified atom stereocenters.